The Morgan fingerprint density at radius 1 is 0.960 bits per heavy atom. The van der Waals surface area contributed by atoms with Crippen LogP contribution in [0.3, 0.4) is 0 Å². The Hall–Kier alpha value is -3.00. The average Bonchev–Trinajstić information content (AvgIpc) is 2.68. The first kappa shape index (κ1) is 14.4. The summed E-state index contributed by atoms with van der Waals surface area (Å²) in [6, 6.07) is 19.4. The SMILES string of the molecule is [2H]c1c(C)[n+](C)c(-c2cc(-c3cccnc3)ccc2C)c2ccccc12. The molecule has 4 aromatic rings. The van der Waals surface area contributed by atoms with E-state index < -0.39 is 0 Å². The third kappa shape index (κ3) is 2.70. The average molecular weight is 326 g/mol. The van der Waals surface area contributed by atoms with Crippen LogP contribution in [0.15, 0.2) is 73.0 Å². The van der Waals surface area contributed by atoms with Crippen molar-refractivity contribution in [3.05, 3.63) is 84.3 Å². The highest BCUT2D eigenvalue weighted by molar-refractivity contribution is 5.94. The van der Waals surface area contributed by atoms with Gasteiger partial charge in [0.1, 0.15) is 7.05 Å². The van der Waals surface area contributed by atoms with Crippen molar-refractivity contribution in [3.63, 3.8) is 0 Å². The van der Waals surface area contributed by atoms with Gasteiger partial charge in [-0.15, -0.1) is 0 Å². The van der Waals surface area contributed by atoms with E-state index in [2.05, 4.69) is 46.8 Å². The Bertz CT molecular complexity index is 1120. The molecule has 0 aliphatic rings. The molecule has 0 radical (unpaired) electrons. The molecule has 0 amide bonds. The highest BCUT2D eigenvalue weighted by Crippen LogP contribution is 2.32. The fourth-order valence-electron chi connectivity index (χ4n) is 3.34. The van der Waals surface area contributed by atoms with Crippen LogP contribution >= 0.6 is 0 Å². The lowest BCUT2D eigenvalue weighted by Gasteiger charge is -2.11. The van der Waals surface area contributed by atoms with Gasteiger partial charge >= 0.3 is 0 Å². The second-order valence-electron chi connectivity index (χ2n) is 6.44. The van der Waals surface area contributed by atoms with Crippen LogP contribution in [-0.2, 0) is 7.05 Å². The number of aryl methyl sites for hydroxylation is 1. The van der Waals surface area contributed by atoms with Gasteiger partial charge < -0.3 is 0 Å². The normalized spacial score (nSPS) is 11.6. The van der Waals surface area contributed by atoms with Crippen molar-refractivity contribution in [2.24, 2.45) is 7.05 Å². The number of aromatic nitrogens is 2. The molecule has 25 heavy (non-hydrogen) atoms. The quantitative estimate of drug-likeness (QED) is 0.473. The summed E-state index contributed by atoms with van der Waals surface area (Å²) in [5.41, 5.74) is 6.77. The van der Waals surface area contributed by atoms with Gasteiger partial charge in [0.25, 0.3) is 0 Å². The number of pyridine rings is 2. The number of hydrogen-bond donors (Lipinski definition) is 0. The molecule has 0 bridgehead atoms. The molecule has 2 heterocycles. The maximum Gasteiger partial charge on any atom is 0.220 e. The van der Waals surface area contributed by atoms with Crippen molar-refractivity contribution in [1.29, 1.82) is 0 Å². The van der Waals surface area contributed by atoms with Crippen molar-refractivity contribution < 1.29 is 5.94 Å². The molecule has 2 heteroatoms. The van der Waals surface area contributed by atoms with Crippen molar-refractivity contribution in [3.8, 4) is 22.4 Å². The largest absolute Gasteiger partial charge is 0.264 e. The Kier molecular flexibility index (Phi) is 3.52. The zero-order chi connectivity index (χ0) is 18.3. The van der Waals surface area contributed by atoms with Crippen LogP contribution in [-0.4, -0.2) is 4.98 Å². The first-order chi connectivity index (χ1) is 12.6. The Morgan fingerprint density at radius 2 is 1.80 bits per heavy atom. The van der Waals surface area contributed by atoms with E-state index in [1.807, 2.05) is 44.4 Å². The van der Waals surface area contributed by atoms with Crippen LogP contribution in [0.5, 0.6) is 0 Å². The van der Waals surface area contributed by atoms with E-state index in [1.54, 1.807) is 6.20 Å². The Morgan fingerprint density at radius 3 is 2.60 bits per heavy atom. The van der Waals surface area contributed by atoms with Gasteiger partial charge in [-0.2, -0.15) is 4.57 Å². The lowest BCUT2D eigenvalue weighted by molar-refractivity contribution is -0.665. The fourth-order valence-corrected chi connectivity index (χ4v) is 3.34. The van der Waals surface area contributed by atoms with Gasteiger partial charge in [-0.05, 0) is 41.6 Å². The molecular formula is C23H21N2+. The van der Waals surface area contributed by atoms with Crippen LogP contribution in [0.25, 0.3) is 33.2 Å². The van der Waals surface area contributed by atoms with Gasteiger partial charge in [0.2, 0.25) is 5.69 Å². The first-order valence-corrected chi connectivity index (χ1v) is 8.47. The molecule has 0 saturated heterocycles. The summed E-state index contributed by atoms with van der Waals surface area (Å²) in [5.74, 6) is 0. The molecule has 0 spiro atoms. The topological polar surface area (TPSA) is 16.8 Å². The highest BCUT2D eigenvalue weighted by atomic mass is 14.9. The lowest BCUT2D eigenvalue weighted by Crippen LogP contribution is -2.35. The second-order valence-corrected chi connectivity index (χ2v) is 6.44. The maximum absolute atomic E-state index is 8.49. The van der Waals surface area contributed by atoms with Crippen LogP contribution in [0.4, 0.5) is 0 Å². The molecule has 2 aromatic carbocycles. The summed E-state index contributed by atoms with van der Waals surface area (Å²) in [6.07, 6.45) is 3.69. The van der Waals surface area contributed by atoms with Crippen molar-refractivity contribution >= 4 is 10.8 Å². The van der Waals surface area contributed by atoms with Crippen LogP contribution < -0.4 is 4.57 Å². The summed E-state index contributed by atoms with van der Waals surface area (Å²) >= 11 is 0. The van der Waals surface area contributed by atoms with E-state index >= 15 is 0 Å². The number of benzene rings is 2. The molecule has 0 N–H and O–H groups in total. The molecule has 0 aliphatic heterocycles. The summed E-state index contributed by atoms with van der Waals surface area (Å²) in [4.78, 5) is 4.25. The van der Waals surface area contributed by atoms with Gasteiger partial charge in [-0.3, -0.25) is 4.98 Å². The first-order valence-electron chi connectivity index (χ1n) is 8.97. The van der Waals surface area contributed by atoms with Crippen molar-refractivity contribution in [2.45, 2.75) is 13.8 Å². The van der Waals surface area contributed by atoms with E-state index in [0.717, 1.165) is 33.3 Å². The molecular weight excluding hydrogens is 304 g/mol. The smallest absolute Gasteiger partial charge is 0.220 e. The number of rotatable bonds is 2. The fraction of sp³-hybridized carbons (Fsp3) is 0.130. The zero-order valence-corrected chi connectivity index (χ0v) is 14.7. The predicted molar refractivity (Wildman–Crippen MR) is 103 cm³/mol. The number of nitrogens with zero attached hydrogens (tertiary/aromatic N) is 2. The molecule has 0 unspecified atom stereocenters. The van der Waals surface area contributed by atoms with Gasteiger partial charge in [0, 0.05) is 30.9 Å². The second kappa shape index (κ2) is 6.14. The minimum atomic E-state index is 0.591. The van der Waals surface area contributed by atoms with Crippen molar-refractivity contribution in [2.75, 3.05) is 0 Å². The molecule has 0 fully saturated rings. The molecule has 122 valence electrons. The molecule has 2 nitrogen and oxygen atoms in total. The van der Waals surface area contributed by atoms with E-state index in [-0.39, 0.29) is 0 Å². The zero-order valence-electron chi connectivity index (χ0n) is 15.7. The van der Waals surface area contributed by atoms with E-state index in [4.69, 9.17) is 1.37 Å². The summed E-state index contributed by atoms with van der Waals surface area (Å²) in [7, 11) is 2.05. The number of fused-ring (bicyclic) bond motifs is 1. The van der Waals surface area contributed by atoms with Crippen molar-refractivity contribution in [1.82, 2.24) is 4.98 Å². The Labute approximate surface area is 149 Å². The van der Waals surface area contributed by atoms with E-state index in [9.17, 15) is 0 Å². The van der Waals surface area contributed by atoms with E-state index in [0.29, 0.717) is 6.04 Å². The van der Waals surface area contributed by atoms with Gasteiger partial charge in [-0.1, -0.05) is 36.4 Å². The highest BCUT2D eigenvalue weighted by Gasteiger charge is 2.19. The van der Waals surface area contributed by atoms with Gasteiger partial charge in [0.05, 0.1) is 12.3 Å². The predicted octanol–water partition coefficient (Wildman–Crippen LogP) is 5.01. The maximum atomic E-state index is 8.49. The summed E-state index contributed by atoms with van der Waals surface area (Å²) in [5, 5.41) is 2.10. The standard InChI is InChI=1S/C23H21N2/c1-16-10-11-18(20-8-6-12-24-15-20)14-22(16)23-21-9-5-4-7-19(21)13-17(2)25(23)3/h4-15H,1-3H3/q+1/i13D. The lowest BCUT2D eigenvalue weighted by atomic mass is 9.95. The molecule has 0 saturated carbocycles. The minimum absolute atomic E-state index is 0.591. The third-order valence-corrected chi connectivity index (χ3v) is 4.82. The van der Waals surface area contributed by atoms with Crippen LogP contribution in [0.1, 0.15) is 12.6 Å². The van der Waals surface area contributed by atoms with Gasteiger partial charge in [-0.25, -0.2) is 0 Å². The molecule has 0 aliphatic carbocycles. The summed E-state index contributed by atoms with van der Waals surface area (Å²) < 4.78 is 10.6. The van der Waals surface area contributed by atoms with Crippen LogP contribution in [0, 0.1) is 13.8 Å². The minimum Gasteiger partial charge on any atom is -0.264 e. The van der Waals surface area contributed by atoms with Crippen LogP contribution in [0.2, 0.25) is 0 Å². The monoisotopic (exact) mass is 326 g/mol. The molecule has 2 aromatic heterocycles. The third-order valence-electron chi connectivity index (χ3n) is 4.82. The number of hydrogen-bond acceptors (Lipinski definition) is 1. The molecule has 0 atom stereocenters. The van der Waals surface area contributed by atoms with Gasteiger partial charge in [0.15, 0.2) is 5.69 Å². The van der Waals surface area contributed by atoms with E-state index in [1.165, 1.54) is 11.1 Å². The molecule has 4 rings (SSSR count). The Balaban J connectivity index is 2.05. The summed E-state index contributed by atoms with van der Waals surface area (Å²) in [6.45, 7) is 4.15.